The zero-order chi connectivity index (χ0) is 13.9. The number of nitrogens with one attached hydrogen (secondary N) is 1. The van der Waals surface area contributed by atoms with Crippen LogP contribution in [0.3, 0.4) is 0 Å². The molecule has 1 aromatic carbocycles. The molecule has 2 heterocycles. The smallest absolute Gasteiger partial charge is 0.111 e. The molecule has 0 radical (unpaired) electrons. The largest absolute Gasteiger partial charge is 0.308 e. The summed E-state index contributed by atoms with van der Waals surface area (Å²) in [6.45, 7) is 5.15. The molecule has 20 heavy (non-hydrogen) atoms. The quantitative estimate of drug-likeness (QED) is 0.775. The number of hydrogen-bond acceptors (Lipinski definition) is 5. The van der Waals surface area contributed by atoms with Crippen molar-refractivity contribution in [2.45, 2.75) is 26.3 Å². The van der Waals surface area contributed by atoms with Crippen LogP contribution in [-0.2, 0) is 6.42 Å². The molecule has 0 aliphatic carbocycles. The van der Waals surface area contributed by atoms with Gasteiger partial charge >= 0.3 is 0 Å². The lowest BCUT2D eigenvalue weighted by Gasteiger charge is -2.09. The van der Waals surface area contributed by atoms with Crippen LogP contribution < -0.4 is 5.32 Å². The Morgan fingerprint density at radius 2 is 2.10 bits per heavy atom. The van der Waals surface area contributed by atoms with E-state index < -0.39 is 0 Å². The fourth-order valence-electron chi connectivity index (χ4n) is 2.10. The standard InChI is InChI=1S/C15H17N3S2/c1-10(16-8-7-12-9-19-11(2)17-12)15-18-13-5-3-4-6-14(13)20-15/h3-6,9-10,16H,7-8H2,1-2H3. The highest BCUT2D eigenvalue weighted by molar-refractivity contribution is 7.18. The number of benzene rings is 1. The van der Waals surface area contributed by atoms with Crippen molar-refractivity contribution in [1.29, 1.82) is 0 Å². The normalized spacial score (nSPS) is 12.9. The second-order valence-electron chi connectivity index (χ2n) is 4.80. The van der Waals surface area contributed by atoms with Crippen molar-refractivity contribution >= 4 is 32.9 Å². The zero-order valence-electron chi connectivity index (χ0n) is 11.6. The molecule has 104 valence electrons. The molecule has 1 atom stereocenters. The summed E-state index contributed by atoms with van der Waals surface area (Å²) in [4.78, 5) is 9.17. The van der Waals surface area contributed by atoms with Gasteiger partial charge in [0.25, 0.3) is 0 Å². The second kappa shape index (κ2) is 5.99. The Hall–Kier alpha value is -1.30. The Morgan fingerprint density at radius 1 is 1.25 bits per heavy atom. The highest BCUT2D eigenvalue weighted by Gasteiger charge is 2.10. The van der Waals surface area contributed by atoms with E-state index in [0.717, 1.165) is 28.5 Å². The summed E-state index contributed by atoms with van der Waals surface area (Å²) in [6, 6.07) is 8.58. The van der Waals surface area contributed by atoms with E-state index in [2.05, 4.69) is 45.8 Å². The van der Waals surface area contributed by atoms with Crippen LogP contribution in [0.1, 0.15) is 28.7 Å². The molecular formula is C15H17N3S2. The first kappa shape index (κ1) is 13.7. The number of hydrogen-bond donors (Lipinski definition) is 1. The van der Waals surface area contributed by atoms with E-state index in [-0.39, 0.29) is 6.04 Å². The number of aromatic nitrogens is 2. The molecule has 1 N–H and O–H groups in total. The van der Waals surface area contributed by atoms with Gasteiger partial charge < -0.3 is 5.32 Å². The minimum atomic E-state index is 0.284. The summed E-state index contributed by atoms with van der Waals surface area (Å²) >= 11 is 3.48. The van der Waals surface area contributed by atoms with E-state index in [1.54, 1.807) is 22.7 Å². The van der Waals surface area contributed by atoms with Gasteiger partial charge in [0, 0.05) is 18.3 Å². The first-order chi connectivity index (χ1) is 9.72. The minimum absolute atomic E-state index is 0.284. The van der Waals surface area contributed by atoms with E-state index in [1.807, 2.05) is 13.0 Å². The third-order valence-electron chi connectivity index (χ3n) is 3.18. The Bertz CT molecular complexity index is 669. The van der Waals surface area contributed by atoms with Gasteiger partial charge in [-0.05, 0) is 26.0 Å². The lowest BCUT2D eigenvalue weighted by Crippen LogP contribution is -2.21. The lowest BCUT2D eigenvalue weighted by molar-refractivity contribution is 0.572. The van der Waals surface area contributed by atoms with E-state index in [0.29, 0.717) is 0 Å². The van der Waals surface area contributed by atoms with Gasteiger partial charge in [-0.3, -0.25) is 0 Å². The van der Waals surface area contributed by atoms with Gasteiger partial charge in [0.15, 0.2) is 0 Å². The van der Waals surface area contributed by atoms with Crippen LogP contribution >= 0.6 is 22.7 Å². The van der Waals surface area contributed by atoms with Crippen LogP contribution in [0.15, 0.2) is 29.6 Å². The van der Waals surface area contributed by atoms with Crippen LogP contribution in [0.2, 0.25) is 0 Å². The molecule has 3 nitrogen and oxygen atoms in total. The minimum Gasteiger partial charge on any atom is -0.308 e. The van der Waals surface area contributed by atoms with Crippen molar-refractivity contribution in [2.75, 3.05) is 6.54 Å². The first-order valence-corrected chi connectivity index (χ1v) is 8.42. The molecule has 0 bridgehead atoms. The molecule has 3 rings (SSSR count). The maximum absolute atomic E-state index is 4.68. The molecule has 0 saturated carbocycles. The van der Waals surface area contributed by atoms with Gasteiger partial charge in [-0.1, -0.05) is 12.1 Å². The Morgan fingerprint density at radius 3 is 2.85 bits per heavy atom. The summed E-state index contributed by atoms with van der Waals surface area (Å²) in [5, 5.41) is 7.96. The molecule has 5 heteroatoms. The summed E-state index contributed by atoms with van der Waals surface area (Å²) < 4.78 is 1.26. The Labute approximate surface area is 126 Å². The van der Waals surface area contributed by atoms with Crippen molar-refractivity contribution in [3.8, 4) is 0 Å². The molecule has 0 fully saturated rings. The molecule has 1 unspecified atom stereocenters. The van der Waals surface area contributed by atoms with Gasteiger partial charge in [-0.25, -0.2) is 9.97 Å². The van der Waals surface area contributed by atoms with E-state index in [9.17, 15) is 0 Å². The molecule has 0 amide bonds. The third kappa shape index (κ3) is 3.06. The van der Waals surface area contributed by atoms with Crippen LogP contribution in [-0.4, -0.2) is 16.5 Å². The highest BCUT2D eigenvalue weighted by Crippen LogP contribution is 2.25. The summed E-state index contributed by atoms with van der Waals surface area (Å²) in [5.41, 5.74) is 2.27. The molecule has 3 aromatic rings. The first-order valence-electron chi connectivity index (χ1n) is 6.72. The number of fused-ring (bicyclic) bond motifs is 1. The van der Waals surface area contributed by atoms with Crippen molar-refractivity contribution in [3.63, 3.8) is 0 Å². The summed E-state index contributed by atoms with van der Waals surface area (Å²) in [6.07, 6.45) is 0.972. The average Bonchev–Trinajstić information content (AvgIpc) is 3.04. The maximum Gasteiger partial charge on any atom is 0.111 e. The topological polar surface area (TPSA) is 37.8 Å². The van der Waals surface area contributed by atoms with Crippen molar-refractivity contribution in [2.24, 2.45) is 0 Å². The number of para-hydroxylation sites is 1. The molecule has 0 aliphatic rings. The van der Waals surface area contributed by atoms with Crippen LogP contribution in [0.5, 0.6) is 0 Å². The SMILES string of the molecule is Cc1nc(CCNC(C)c2nc3ccccc3s2)cs1. The predicted molar refractivity (Wildman–Crippen MR) is 86.6 cm³/mol. The Kier molecular flexibility index (Phi) is 4.10. The fourth-order valence-corrected chi connectivity index (χ4v) is 3.74. The zero-order valence-corrected chi connectivity index (χ0v) is 13.2. The number of aryl methyl sites for hydroxylation is 1. The summed E-state index contributed by atoms with van der Waals surface area (Å²) in [7, 11) is 0. The highest BCUT2D eigenvalue weighted by atomic mass is 32.1. The molecule has 0 aliphatic heterocycles. The van der Waals surface area contributed by atoms with Crippen LogP contribution in [0.25, 0.3) is 10.2 Å². The van der Waals surface area contributed by atoms with Crippen molar-refractivity contribution in [1.82, 2.24) is 15.3 Å². The molecule has 0 saturated heterocycles. The van der Waals surface area contributed by atoms with Gasteiger partial charge in [0.05, 0.1) is 27.0 Å². The van der Waals surface area contributed by atoms with Crippen molar-refractivity contribution < 1.29 is 0 Å². The third-order valence-corrected chi connectivity index (χ3v) is 5.22. The number of nitrogens with zero attached hydrogens (tertiary/aromatic N) is 2. The summed E-state index contributed by atoms with van der Waals surface area (Å²) in [5.74, 6) is 0. The average molecular weight is 303 g/mol. The maximum atomic E-state index is 4.68. The monoisotopic (exact) mass is 303 g/mol. The Balaban J connectivity index is 1.59. The molecular weight excluding hydrogens is 286 g/mol. The van der Waals surface area contributed by atoms with Gasteiger partial charge in [0.1, 0.15) is 5.01 Å². The fraction of sp³-hybridized carbons (Fsp3) is 0.333. The molecule has 2 aromatic heterocycles. The molecule has 0 spiro atoms. The van der Waals surface area contributed by atoms with Gasteiger partial charge in [-0.15, -0.1) is 22.7 Å². The van der Waals surface area contributed by atoms with Crippen LogP contribution in [0, 0.1) is 6.92 Å². The second-order valence-corrected chi connectivity index (χ2v) is 6.93. The van der Waals surface area contributed by atoms with E-state index in [1.165, 1.54) is 10.4 Å². The van der Waals surface area contributed by atoms with Crippen LogP contribution in [0.4, 0.5) is 0 Å². The van der Waals surface area contributed by atoms with E-state index in [4.69, 9.17) is 0 Å². The van der Waals surface area contributed by atoms with Gasteiger partial charge in [-0.2, -0.15) is 0 Å². The number of thiazole rings is 2. The van der Waals surface area contributed by atoms with Gasteiger partial charge in [0.2, 0.25) is 0 Å². The predicted octanol–water partition coefficient (Wildman–Crippen LogP) is 3.95. The van der Waals surface area contributed by atoms with Crippen molar-refractivity contribution in [3.05, 3.63) is 45.4 Å². The lowest BCUT2D eigenvalue weighted by atomic mass is 10.3. The van der Waals surface area contributed by atoms with E-state index >= 15 is 0 Å². The number of rotatable bonds is 5.